The number of aliphatic hydroxyl groups excluding tert-OH is 1. The Balaban J connectivity index is 2.25. The summed E-state index contributed by atoms with van der Waals surface area (Å²) in [6, 6.07) is 4.26. The Morgan fingerprint density at radius 1 is 1.73 bits per heavy atom. The molecule has 0 spiro atoms. The van der Waals surface area contributed by atoms with Gasteiger partial charge in [0.2, 0.25) is 0 Å². The van der Waals surface area contributed by atoms with Crippen molar-refractivity contribution in [2.75, 3.05) is 0 Å². The lowest BCUT2D eigenvalue weighted by Gasteiger charge is -2.26. The van der Waals surface area contributed by atoms with Crippen LogP contribution in [0.2, 0.25) is 0 Å². The zero-order valence-electron chi connectivity index (χ0n) is 8.81. The van der Waals surface area contributed by atoms with E-state index in [9.17, 15) is 10.4 Å². The van der Waals surface area contributed by atoms with Gasteiger partial charge in [-0.3, -0.25) is 0 Å². The van der Waals surface area contributed by atoms with Gasteiger partial charge in [-0.2, -0.15) is 16.6 Å². The predicted octanol–water partition coefficient (Wildman–Crippen LogP) is 3.11. The lowest BCUT2D eigenvalue weighted by atomic mass is 9.79. The van der Waals surface area contributed by atoms with E-state index in [2.05, 4.69) is 13.0 Å². The molecule has 1 aliphatic carbocycles. The van der Waals surface area contributed by atoms with Gasteiger partial charge in [-0.05, 0) is 47.6 Å². The van der Waals surface area contributed by atoms with Crippen molar-refractivity contribution in [3.63, 3.8) is 0 Å². The molecule has 0 bridgehead atoms. The van der Waals surface area contributed by atoms with Crippen LogP contribution in [0.4, 0.5) is 0 Å². The van der Waals surface area contributed by atoms with E-state index >= 15 is 0 Å². The van der Waals surface area contributed by atoms with E-state index in [4.69, 9.17) is 0 Å². The molecular formula is C12H15NOS. The quantitative estimate of drug-likeness (QED) is 0.834. The Kier molecular flexibility index (Phi) is 2.81. The molecule has 15 heavy (non-hydrogen) atoms. The van der Waals surface area contributed by atoms with Crippen molar-refractivity contribution in [3.8, 4) is 6.07 Å². The van der Waals surface area contributed by atoms with E-state index < -0.39 is 11.5 Å². The minimum absolute atomic E-state index is 0.541. The highest BCUT2D eigenvalue weighted by atomic mass is 32.1. The van der Waals surface area contributed by atoms with Crippen molar-refractivity contribution in [1.82, 2.24) is 0 Å². The molecule has 0 radical (unpaired) electrons. The van der Waals surface area contributed by atoms with Crippen LogP contribution in [-0.4, -0.2) is 5.11 Å². The molecule has 2 nitrogen and oxygen atoms in total. The second kappa shape index (κ2) is 3.96. The molecule has 1 aliphatic rings. The van der Waals surface area contributed by atoms with Crippen LogP contribution in [0.15, 0.2) is 16.8 Å². The third-order valence-corrected chi connectivity index (χ3v) is 4.10. The number of rotatable bonds is 2. The van der Waals surface area contributed by atoms with Gasteiger partial charge in [0.25, 0.3) is 0 Å². The van der Waals surface area contributed by atoms with E-state index in [1.807, 2.05) is 16.8 Å². The Morgan fingerprint density at radius 2 is 2.53 bits per heavy atom. The highest BCUT2D eigenvalue weighted by Gasteiger charge is 2.44. The summed E-state index contributed by atoms with van der Waals surface area (Å²) in [4.78, 5) is 0. The molecule has 0 saturated heterocycles. The summed E-state index contributed by atoms with van der Waals surface area (Å²) in [5.41, 5.74) is 0.358. The fraction of sp³-hybridized carbons (Fsp3) is 0.583. The van der Waals surface area contributed by atoms with Crippen LogP contribution in [0.25, 0.3) is 0 Å². The van der Waals surface area contributed by atoms with Crippen LogP contribution in [0, 0.1) is 22.7 Å². The summed E-state index contributed by atoms with van der Waals surface area (Å²) in [5.74, 6) is 0.554. The standard InChI is InChI=1S/C12H15NOS/c1-9-2-4-12(6-9,8-13)11(14)10-3-5-15-7-10/h3,5,7,9,11,14H,2,4,6H2,1H3. The topological polar surface area (TPSA) is 44.0 Å². The van der Waals surface area contributed by atoms with Gasteiger partial charge in [-0.25, -0.2) is 0 Å². The average Bonchev–Trinajstić information content (AvgIpc) is 2.86. The molecule has 0 aliphatic heterocycles. The van der Waals surface area contributed by atoms with E-state index in [0.29, 0.717) is 5.92 Å². The summed E-state index contributed by atoms with van der Waals surface area (Å²) in [5, 5.41) is 23.4. The first-order valence-corrected chi connectivity index (χ1v) is 6.24. The van der Waals surface area contributed by atoms with Gasteiger partial charge in [0.05, 0.1) is 17.6 Å². The van der Waals surface area contributed by atoms with E-state index in [1.165, 1.54) is 0 Å². The SMILES string of the molecule is CC1CCC(C#N)(C(O)c2ccsc2)C1. The maximum Gasteiger partial charge on any atom is 0.0984 e. The van der Waals surface area contributed by atoms with E-state index in [1.54, 1.807) is 11.3 Å². The molecule has 3 unspecified atom stereocenters. The fourth-order valence-corrected chi connectivity index (χ4v) is 3.17. The lowest BCUT2D eigenvalue weighted by molar-refractivity contribution is 0.0651. The van der Waals surface area contributed by atoms with Gasteiger partial charge in [-0.1, -0.05) is 6.92 Å². The maximum atomic E-state index is 10.3. The van der Waals surface area contributed by atoms with Gasteiger partial charge in [0, 0.05) is 0 Å². The molecule has 1 aromatic heterocycles. The fourth-order valence-electron chi connectivity index (χ4n) is 2.49. The van der Waals surface area contributed by atoms with Crippen LogP contribution < -0.4 is 0 Å². The lowest BCUT2D eigenvalue weighted by Crippen LogP contribution is -2.24. The monoisotopic (exact) mass is 221 g/mol. The van der Waals surface area contributed by atoms with Crippen molar-refractivity contribution >= 4 is 11.3 Å². The highest BCUT2D eigenvalue weighted by Crippen LogP contribution is 2.49. The minimum atomic E-state index is -0.612. The van der Waals surface area contributed by atoms with Crippen LogP contribution in [0.5, 0.6) is 0 Å². The zero-order valence-corrected chi connectivity index (χ0v) is 9.63. The number of thiophene rings is 1. The molecule has 3 atom stereocenters. The zero-order chi connectivity index (χ0) is 10.9. The number of hydrogen-bond donors (Lipinski definition) is 1. The summed E-state index contributed by atoms with van der Waals surface area (Å²) in [7, 11) is 0. The third kappa shape index (κ3) is 1.80. The first kappa shape index (κ1) is 10.7. The minimum Gasteiger partial charge on any atom is -0.387 e. The first-order valence-electron chi connectivity index (χ1n) is 5.29. The van der Waals surface area contributed by atoms with Crippen LogP contribution in [0.3, 0.4) is 0 Å². The number of hydrogen-bond acceptors (Lipinski definition) is 3. The Hall–Kier alpha value is -0.850. The van der Waals surface area contributed by atoms with Crippen molar-refractivity contribution in [3.05, 3.63) is 22.4 Å². The third-order valence-electron chi connectivity index (χ3n) is 3.40. The second-order valence-electron chi connectivity index (χ2n) is 4.58. The molecule has 1 heterocycles. The van der Waals surface area contributed by atoms with Crippen LogP contribution in [0.1, 0.15) is 37.9 Å². The van der Waals surface area contributed by atoms with Crippen molar-refractivity contribution < 1.29 is 5.11 Å². The van der Waals surface area contributed by atoms with Gasteiger partial charge in [-0.15, -0.1) is 0 Å². The van der Waals surface area contributed by atoms with Crippen molar-refractivity contribution in [2.24, 2.45) is 11.3 Å². The summed E-state index contributed by atoms with van der Waals surface area (Å²) >= 11 is 1.57. The molecular weight excluding hydrogens is 206 g/mol. The average molecular weight is 221 g/mol. The van der Waals surface area contributed by atoms with Gasteiger partial charge in [0.1, 0.15) is 0 Å². The second-order valence-corrected chi connectivity index (χ2v) is 5.36. The van der Waals surface area contributed by atoms with Crippen LogP contribution in [-0.2, 0) is 0 Å². The molecule has 3 heteroatoms. The largest absolute Gasteiger partial charge is 0.387 e. The van der Waals surface area contributed by atoms with Gasteiger partial charge in [0.15, 0.2) is 0 Å². The molecule has 2 rings (SSSR count). The molecule has 1 saturated carbocycles. The Labute approximate surface area is 94.2 Å². The summed E-state index contributed by atoms with van der Waals surface area (Å²) in [6.07, 6.45) is 2.08. The smallest absolute Gasteiger partial charge is 0.0984 e. The number of nitriles is 1. The first-order chi connectivity index (χ1) is 7.18. The molecule has 0 aromatic carbocycles. The number of aliphatic hydroxyl groups is 1. The van der Waals surface area contributed by atoms with Crippen molar-refractivity contribution in [2.45, 2.75) is 32.3 Å². The summed E-state index contributed by atoms with van der Waals surface area (Å²) in [6.45, 7) is 2.15. The van der Waals surface area contributed by atoms with Crippen LogP contribution >= 0.6 is 11.3 Å². The van der Waals surface area contributed by atoms with Gasteiger partial charge < -0.3 is 5.11 Å². The predicted molar refractivity (Wildman–Crippen MR) is 60.3 cm³/mol. The molecule has 1 fully saturated rings. The molecule has 0 amide bonds. The van der Waals surface area contributed by atoms with Gasteiger partial charge >= 0.3 is 0 Å². The highest BCUT2D eigenvalue weighted by molar-refractivity contribution is 7.07. The molecule has 80 valence electrons. The normalized spacial score (nSPS) is 32.5. The Bertz CT molecular complexity index is 367. The molecule has 1 N–H and O–H groups in total. The summed E-state index contributed by atoms with van der Waals surface area (Å²) < 4.78 is 0. The van der Waals surface area contributed by atoms with Crippen molar-refractivity contribution in [1.29, 1.82) is 5.26 Å². The maximum absolute atomic E-state index is 10.3. The van der Waals surface area contributed by atoms with E-state index in [-0.39, 0.29) is 0 Å². The Morgan fingerprint density at radius 3 is 3.00 bits per heavy atom. The number of nitrogens with zero attached hydrogens (tertiary/aromatic N) is 1. The molecule has 1 aromatic rings. The van der Waals surface area contributed by atoms with E-state index in [0.717, 1.165) is 24.8 Å².